The Morgan fingerprint density at radius 1 is 1.22 bits per heavy atom. The van der Waals surface area contributed by atoms with E-state index in [2.05, 4.69) is 9.97 Å². The molecule has 5 heteroatoms. The molecule has 1 amide bonds. The number of hydrogen-bond donors (Lipinski definition) is 1. The van der Waals surface area contributed by atoms with Gasteiger partial charge in [-0.25, -0.2) is 9.97 Å². The van der Waals surface area contributed by atoms with Crippen LogP contribution < -0.4 is 10.5 Å². The number of aromatic nitrogens is 2. The highest BCUT2D eigenvalue weighted by molar-refractivity contribution is 6.18. The minimum atomic E-state index is -0.560. The summed E-state index contributed by atoms with van der Waals surface area (Å²) in [6, 6.07) is 10.6. The Kier molecular flexibility index (Phi) is 3.66. The highest BCUT2D eigenvalue weighted by atomic mass is 16.5. The van der Waals surface area contributed by atoms with Crippen LogP contribution >= 0.6 is 0 Å². The van der Waals surface area contributed by atoms with Crippen molar-refractivity contribution in [3.8, 4) is 5.88 Å². The second-order valence-electron chi connectivity index (χ2n) is 3.43. The number of hydrogen-bond acceptors (Lipinski definition) is 4. The second kappa shape index (κ2) is 5.58. The number of nitrogens with two attached hydrogens (primary N) is 1. The number of carbonyl (C=O) groups is 1. The quantitative estimate of drug-likeness (QED) is 0.648. The summed E-state index contributed by atoms with van der Waals surface area (Å²) in [5.74, 6) is -0.213. The van der Waals surface area contributed by atoms with Gasteiger partial charge in [0, 0.05) is 12.3 Å². The number of nitrogens with zero attached hydrogens (tertiary/aromatic N) is 2. The minimum Gasteiger partial charge on any atom is -0.446 e. The molecule has 18 heavy (non-hydrogen) atoms. The van der Waals surface area contributed by atoms with E-state index in [-0.39, 0.29) is 5.57 Å². The normalized spacial score (nSPS) is 11.0. The number of benzene rings is 1. The number of ether oxygens (including phenoxy) is 1. The Morgan fingerprint density at radius 2 is 2.00 bits per heavy atom. The molecule has 0 spiro atoms. The van der Waals surface area contributed by atoms with E-state index in [0.29, 0.717) is 11.4 Å². The molecule has 5 nitrogen and oxygen atoms in total. The molecular weight excluding hydrogens is 230 g/mol. The van der Waals surface area contributed by atoms with Gasteiger partial charge in [0.05, 0.1) is 5.57 Å². The first-order valence-corrected chi connectivity index (χ1v) is 5.25. The Hall–Kier alpha value is -2.69. The van der Waals surface area contributed by atoms with Crippen molar-refractivity contribution in [3.63, 3.8) is 0 Å². The summed E-state index contributed by atoms with van der Waals surface area (Å²) in [6.07, 6.45) is 4.19. The molecule has 0 unspecified atom stereocenters. The SMILES string of the molecule is NC(=O)C(=COc1ccncn1)c1ccccc1. The molecule has 90 valence electrons. The predicted molar refractivity (Wildman–Crippen MR) is 66.3 cm³/mol. The minimum absolute atomic E-state index is 0.286. The summed E-state index contributed by atoms with van der Waals surface area (Å²) >= 11 is 0. The summed E-state index contributed by atoms with van der Waals surface area (Å²) < 4.78 is 5.27. The van der Waals surface area contributed by atoms with E-state index in [0.717, 1.165) is 0 Å². The van der Waals surface area contributed by atoms with Crippen LogP contribution in [-0.4, -0.2) is 15.9 Å². The summed E-state index contributed by atoms with van der Waals surface area (Å²) in [4.78, 5) is 19.0. The summed E-state index contributed by atoms with van der Waals surface area (Å²) in [5.41, 5.74) is 6.29. The zero-order valence-electron chi connectivity index (χ0n) is 9.48. The lowest BCUT2D eigenvalue weighted by Gasteiger charge is -2.04. The van der Waals surface area contributed by atoms with Gasteiger partial charge in [-0.05, 0) is 5.56 Å². The molecular formula is C13H11N3O2. The third kappa shape index (κ3) is 2.91. The Labute approximate surface area is 104 Å². The average molecular weight is 241 g/mol. The highest BCUT2D eigenvalue weighted by Gasteiger charge is 2.08. The Bertz CT molecular complexity index is 553. The number of amides is 1. The van der Waals surface area contributed by atoms with E-state index in [1.807, 2.05) is 18.2 Å². The zero-order chi connectivity index (χ0) is 12.8. The molecule has 2 rings (SSSR count). The van der Waals surface area contributed by atoms with Crippen molar-refractivity contribution in [1.29, 1.82) is 0 Å². The van der Waals surface area contributed by atoms with Gasteiger partial charge in [0.15, 0.2) is 0 Å². The fourth-order valence-electron chi connectivity index (χ4n) is 1.35. The van der Waals surface area contributed by atoms with E-state index in [1.54, 1.807) is 24.4 Å². The molecule has 1 aromatic heterocycles. The van der Waals surface area contributed by atoms with Crippen LogP contribution in [0.4, 0.5) is 0 Å². The second-order valence-corrected chi connectivity index (χ2v) is 3.43. The topological polar surface area (TPSA) is 78.1 Å². The molecule has 0 saturated heterocycles. The summed E-state index contributed by atoms with van der Waals surface area (Å²) in [7, 11) is 0. The average Bonchev–Trinajstić information content (AvgIpc) is 2.41. The van der Waals surface area contributed by atoms with Crippen LogP contribution in [0.25, 0.3) is 5.57 Å². The van der Waals surface area contributed by atoms with E-state index in [1.165, 1.54) is 12.6 Å². The maximum atomic E-state index is 11.4. The third-order valence-electron chi connectivity index (χ3n) is 2.20. The third-order valence-corrected chi connectivity index (χ3v) is 2.20. The zero-order valence-corrected chi connectivity index (χ0v) is 9.48. The molecule has 0 aliphatic heterocycles. The number of primary amides is 1. The van der Waals surface area contributed by atoms with Crippen LogP contribution in [-0.2, 0) is 4.79 Å². The molecule has 0 bridgehead atoms. The van der Waals surface area contributed by atoms with Crippen molar-refractivity contribution in [1.82, 2.24) is 9.97 Å². The van der Waals surface area contributed by atoms with E-state index in [4.69, 9.17) is 10.5 Å². The van der Waals surface area contributed by atoms with E-state index < -0.39 is 5.91 Å². The Balaban J connectivity index is 2.24. The lowest BCUT2D eigenvalue weighted by Crippen LogP contribution is -2.13. The lowest BCUT2D eigenvalue weighted by atomic mass is 10.1. The van der Waals surface area contributed by atoms with Crippen molar-refractivity contribution < 1.29 is 9.53 Å². The van der Waals surface area contributed by atoms with Crippen molar-refractivity contribution in [3.05, 3.63) is 60.7 Å². The summed E-state index contributed by atoms with van der Waals surface area (Å²) in [6.45, 7) is 0. The molecule has 0 aliphatic carbocycles. The van der Waals surface area contributed by atoms with Gasteiger partial charge >= 0.3 is 0 Å². The van der Waals surface area contributed by atoms with Gasteiger partial charge < -0.3 is 10.5 Å². The maximum absolute atomic E-state index is 11.4. The van der Waals surface area contributed by atoms with Crippen LogP contribution in [0, 0.1) is 0 Å². The maximum Gasteiger partial charge on any atom is 0.252 e. The van der Waals surface area contributed by atoms with Gasteiger partial charge in [-0.3, -0.25) is 4.79 Å². The largest absolute Gasteiger partial charge is 0.446 e. The van der Waals surface area contributed by atoms with Crippen molar-refractivity contribution in [2.75, 3.05) is 0 Å². The van der Waals surface area contributed by atoms with Gasteiger partial charge in [-0.1, -0.05) is 30.3 Å². The first-order valence-electron chi connectivity index (χ1n) is 5.25. The van der Waals surface area contributed by atoms with Crippen LogP contribution in [0.1, 0.15) is 5.56 Å². The molecule has 0 aliphatic rings. The molecule has 2 N–H and O–H groups in total. The monoisotopic (exact) mass is 241 g/mol. The lowest BCUT2D eigenvalue weighted by molar-refractivity contribution is -0.112. The van der Waals surface area contributed by atoms with Crippen molar-refractivity contribution in [2.24, 2.45) is 5.73 Å². The predicted octanol–water partition coefficient (Wildman–Crippen LogP) is 1.38. The molecule has 0 atom stereocenters. The fourth-order valence-corrected chi connectivity index (χ4v) is 1.35. The molecule has 0 fully saturated rings. The van der Waals surface area contributed by atoms with Crippen molar-refractivity contribution in [2.45, 2.75) is 0 Å². The Morgan fingerprint density at radius 3 is 2.61 bits per heavy atom. The molecule has 0 saturated carbocycles. The van der Waals surface area contributed by atoms with Crippen molar-refractivity contribution >= 4 is 11.5 Å². The van der Waals surface area contributed by atoms with Gasteiger partial charge in [0.1, 0.15) is 12.6 Å². The van der Waals surface area contributed by atoms with Gasteiger partial charge in [0.2, 0.25) is 5.88 Å². The molecule has 2 aromatic rings. The fraction of sp³-hybridized carbons (Fsp3) is 0. The van der Waals surface area contributed by atoms with Gasteiger partial charge in [-0.15, -0.1) is 0 Å². The van der Waals surface area contributed by atoms with Gasteiger partial charge in [0.25, 0.3) is 5.91 Å². The molecule has 1 aromatic carbocycles. The van der Waals surface area contributed by atoms with E-state index in [9.17, 15) is 4.79 Å². The molecule has 0 radical (unpaired) electrons. The molecule has 1 heterocycles. The summed E-state index contributed by atoms with van der Waals surface area (Å²) in [5, 5.41) is 0. The first kappa shape index (κ1) is 11.8. The van der Waals surface area contributed by atoms with Crippen LogP contribution in [0.15, 0.2) is 55.2 Å². The number of rotatable bonds is 4. The number of carbonyl (C=O) groups excluding carboxylic acids is 1. The van der Waals surface area contributed by atoms with E-state index >= 15 is 0 Å². The van der Waals surface area contributed by atoms with Crippen LogP contribution in [0.3, 0.4) is 0 Å². The smallest absolute Gasteiger partial charge is 0.252 e. The van der Waals surface area contributed by atoms with Crippen LogP contribution in [0.5, 0.6) is 5.88 Å². The van der Waals surface area contributed by atoms with Crippen LogP contribution in [0.2, 0.25) is 0 Å². The van der Waals surface area contributed by atoms with Gasteiger partial charge in [-0.2, -0.15) is 0 Å². The first-order chi connectivity index (χ1) is 8.77. The standard InChI is InChI=1S/C13H11N3O2/c14-13(17)11(10-4-2-1-3-5-10)8-18-12-6-7-15-9-16-12/h1-9H,(H2,14,17). The highest BCUT2D eigenvalue weighted by Crippen LogP contribution is 2.14.